The summed E-state index contributed by atoms with van der Waals surface area (Å²) in [6.07, 6.45) is 0.0514. The van der Waals surface area contributed by atoms with Crippen molar-refractivity contribution in [2.24, 2.45) is 0 Å². The number of amides is 1. The highest BCUT2D eigenvalue weighted by Crippen LogP contribution is 2.31. The topological polar surface area (TPSA) is 51.2 Å². The monoisotopic (exact) mass is 390 g/mol. The van der Waals surface area contributed by atoms with Gasteiger partial charge in [0.25, 0.3) is 0 Å². The molecule has 3 aromatic rings. The number of anilines is 1. The van der Waals surface area contributed by atoms with E-state index in [0.717, 1.165) is 16.1 Å². The van der Waals surface area contributed by atoms with Crippen molar-refractivity contribution in [3.8, 4) is 17.0 Å². The minimum atomic E-state index is -0.493. The number of aromatic nitrogens is 1. The number of ether oxygens (including phenoxy) is 1. The van der Waals surface area contributed by atoms with Gasteiger partial charge in [0, 0.05) is 15.5 Å². The molecule has 0 spiro atoms. The van der Waals surface area contributed by atoms with Gasteiger partial charge in [-0.1, -0.05) is 29.8 Å². The summed E-state index contributed by atoms with van der Waals surface area (Å²) in [6.45, 7) is 1.94. The van der Waals surface area contributed by atoms with Gasteiger partial charge < -0.3 is 10.1 Å². The number of nitrogens with zero attached hydrogens (tertiary/aromatic N) is 1. The van der Waals surface area contributed by atoms with E-state index in [1.165, 1.54) is 30.6 Å². The zero-order valence-electron chi connectivity index (χ0n) is 14.2. The van der Waals surface area contributed by atoms with Crippen LogP contribution in [-0.4, -0.2) is 18.0 Å². The van der Waals surface area contributed by atoms with Crippen molar-refractivity contribution in [1.29, 1.82) is 0 Å². The Bertz CT molecular complexity index is 941. The summed E-state index contributed by atoms with van der Waals surface area (Å²) in [5, 5.41) is 3.93. The van der Waals surface area contributed by atoms with Crippen molar-refractivity contribution in [2.75, 3.05) is 12.4 Å². The molecule has 0 aliphatic carbocycles. The van der Waals surface area contributed by atoms with Crippen molar-refractivity contribution in [3.63, 3.8) is 0 Å². The van der Waals surface area contributed by atoms with Crippen LogP contribution in [0.3, 0.4) is 0 Å². The molecule has 0 radical (unpaired) electrons. The lowest BCUT2D eigenvalue weighted by molar-refractivity contribution is -0.115. The predicted octanol–water partition coefficient (Wildman–Crippen LogP) is 5.10. The van der Waals surface area contributed by atoms with Crippen LogP contribution < -0.4 is 10.1 Å². The van der Waals surface area contributed by atoms with E-state index in [4.69, 9.17) is 16.3 Å². The molecule has 7 heteroatoms. The Morgan fingerprint density at radius 3 is 2.65 bits per heavy atom. The van der Waals surface area contributed by atoms with E-state index in [0.29, 0.717) is 15.7 Å². The summed E-state index contributed by atoms with van der Waals surface area (Å²) in [4.78, 5) is 17.7. The molecule has 0 unspecified atom stereocenters. The van der Waals surface area contributed by atoms with Gasteiger partial charge in [-0.25, -0.2) is 9.37 Å². The van der Waals surface area contributed by atoms with E-state index in [9.17, 15) is 9.18 Å². The molecule has 0 aliphatic heterocycles. The first-order valence-corrected chi connectivity index (χ1v) is 9.01. The highest BCUT2D eigenvalue weighted by molar-refractivity contribution is 7.16. The number of methoxy groups -OCH3 is 1. The van der Waals surface area contributed by atoms with E-state index in [-0.39, 0.29) is 18.1 Å². The second-order valence-corrected chi connectivity index (χ2v) is 7.26. The number of halogens is 2. The van der Waals surface area contributed by atoms with Crippen LogP contribution in [0.15, 0.2) is 42.5 Å². The van der Waals surface area contributed by atoms with Gasteiger partial charge in [-0.2, -0.15) is 0 Å². The second kappa shape index (κ2) is 7.85. The number of benzene rings is 2. The van der Waals surface area contributed by atoms with Gasteiger partial charge in [-0.3, -0.25) is 4.79 Å². The van der Waals surface area contributed by atoms with Gasteiger partial charge in [0.2, 0.25) is 5.91 Å². The molecule has 3 rings (SSSR count). The molecule has 0 fully saturated rings. The van der Waals surface area contributed by atoms with Crippen LogP contribution in [0.25, 0.3) is 11.3 Å². The van der Waals surface area contributed by atoms with Crippen LogP contribution in [0.2, 0.25) is 5.02 Å². The maximum absolute atomic E-state index is 13.7. The van der Waals surface area contributed by atoms with Crippen molar-refractivity contribution in [3.05, 3.63) is 63.7 Å². The van der Waals surface area contributed by atoms with Gasteiger partial charge >= 0.3 is 0 Å². The van der Waals surface area contributed by atoms with Gasteiger partial charge in [-0.05, 0) is 36.8 Å². The largest absolute Gasteiger partial charge is 0.494 e. The summed E-state index contributed by atoms with van der Waals surface area (Å²) in [7, 11) is 1.40. The Hall–Kier alpha value is -2.44. The lowest BCUT2D eigenvalue weighted by atomic mass is 10.1. The van der Waals surface area contributed by atoms with Crippen LogP contribution in [0.1, 0.15) is 10.4 Å². The average molecular weight is 391 g/mol. The average Bonchev–Trinajstić information content (AvgIpc) is 2.96. The summed E-state index contributed by atoms with van der Waals surface area (Å²) in [5.74, 6) is -0.601. The molecule has 0 saturated heterocycles. The lowest BCUT2D eigenvalue weighted by Crippen LogP contribution is -2.14. The van der Waals surface area contributed by atoms with E-state index in [1.54, 1.807) is 18.2 Å². The highest BCUT2D eigenvalue weighted by atomic mass is 35.5. The van der Waals surface area contributed by atoms with Crippen molar-refractivity contribution >= 4 is 34.0 Å². The lowest BCUT2D eigenvalue weighted by Gasteiger charge is -2.05. The molecule has 2 aromatic carbocycles. The minimum absolute atomic E-state index is 0.0514. The second-order valence-electron chi connectivity index (χ2n) is 5.62. The molecule has 0 atom stereocenters. The molecule has 1 heterocycles. The number of carbonyl (C=O) groups excluding carboxylic acids is 1. The molecule has 1 aromatic heterocycles. The Morgan fingerprint density at radius 1 is 1.27 bits per heavy atom. The molecule has 1 N–H and O–H groups in total. The molecule has 26 heavy (non-hydrogen) atoms. The van der Waals surface area contributed by atoms with E-state index < -0.39 is 5.82 Å². The summed E-state index contributed by atoms with van der Waals surface area (Å²) < 4.78 is 18.6. The molecule has 4 nitrogen and oxygen atoms in total. The SMILES string of the molecule is COc1ccc(CC(=O)Nc2nc(-c3ccc(Cl)cc3)c(C)s2)cc1F. The molecular weight excluding hydrogens is 375 g/mol. The Labute approximate surface area is 159 Å². The molecule has 0 bridgehead atoms. The number of rotatable bonds is 5. The Morgan fingerprint density at radius 2 is 2.00 bits per heavy atom. The summed E-state index contributed by atoms with van der Waals surface area (Å²) >= 11 is 7.30. The standard InChI is InChI=1S/C19H16ClFN2O2S/c1-11-18(13-4-6-14(20)7-5-13)23-19(26-11)22-17(24)10-12-3-8-16(25-2)15(21)9-12/h3-9H,10H2,1-2H3,(H,22,23,24). The molecule has 134 valence electrons. The van der Waals surface area contributed by atoms with E-state index >= 15 is 0 Å². The van der Waals surface area contributed by atoms with Crippen LogP contribution in [0.4, 0.5) is 9.52 Å². The number of carbonyl (C=O) groups is 1. The fraction of sp³-hybridized carbons (Fsp3) is 0.158. The normalized spacial score (nSPS) is 10.6. The summed E-state index contributed by atoms with van der Waals surface area (Å²) in [6, 6.07) is 11.8. The maximum atomic E-state index is 13.7. The van der Waals surface area contributed by atoms with Crippen molar-refractivity contribution in [2.45, 2.75) is 13.3 Å². The van der Waals surface area contributed by atoms with Crippen LogP contribution in [-0.2, 0) is 11.2 Å². The third kappa shape index (κ3) is 4.20. The molecular formula is C19H16ClFN2O2S. The fourth-order valence-corrected chi connectivity index (χ4v) is 3.47. The third-order valence-electron chi connectivity index (χ3n) is 3.74. The van der Waals surface area contributed by atoms with Gasteiger partial charge in [0.15, 0.2) is 16.7 Å². The summed E-state index contributed by atoms with van der Waals surface area (Å²) in [5.41, 5.74) is 2.30. The maximum Gasteiger partial charge on any atom is 0.230 e. The smallest absolute Gasteiger partial charge is 0.230 e. The number of nitrogens with one attached hydrogen (secondary N) is 1. The molecule has 0 aliphatic rings. The van der Waals surface area contributed by atoms with Crippen molar-refractivity contribution < 1.29 is 13.9 Å². The number of thiazole rings is 1. The first kappa shape index (κ1) is 18.4. The number of hydrogen-bond donors (Lipinski definition) is 1. The number of hydrogen-bond acceptors (Lipinski definition) is 4. The zero-order chi connectivity index (χ0) is 18.7. The zero-order valence-corrected chi connectivity index (χ0v) is 15.7. The molecule has 0 saturated carbocycles. The van der Waals surface area contributed by atoms with Crippen LogP contribution in [0, 0.1) is 12.7 Å². The third-order valence-corrected chi connectivity index (χ3v) is 4.88. The van der Waals surface area contributed by atoms with Gasteiger partial charge in [0.05, 0.1) is 19.2 Å². The van der Waals surface area contributed by atoms with Crippen LogP contribution in [0.5, 0.6) is 5.75 Å². The van der Waals surface area contributed by atoms with Crippen molar-refractivity contribution in [1.82, 2.24) is 4.98 Å². The van der Waals surface area contributed by atoms with Gasteiger partial charge in [0.1, 0.15) is 0 Å². The van der Waals surface area contributed by atoms with E-state index in [2.05, 4.69) is 10.3 Å². The minimum Gasteiger partial charge on any atom is -0.494 e. The fourth-order valence-electron chi connectivity index (χ4n) is 2.49. The number of aryl methyl sites for hydroxylation is 1. The predicted molar refractivity (Wildman–Crippen MR) is 103 cm³/mol. The first-order chi connectivity index (χ1) is 12.5. The highest BCUT2D eigenvalue weighted by Gasteiger charge is 2.13. The quantitative estimate of drug-likeness (QED) is 0.659. The van der Waals surface area contributed by atoms with E-state index in [1.807, 2.05) is 19.1 Å². The Balaban J connectivity index is 1.71. The van der Waals surface area contributed by atoms with Gasteiger partial charge in [-0.15, -0.1) is 11.3 Å². The molecule has 1 amide bonds. The Kier molecular flexibility index (Phi) is 5.54. The first-order valence-electron chi connectivity index (χ1n) is 7.82. The van der Waals surface area contributed by atoms with Crippen LogP contribution >= 0.6 is 22.9 Å².